The van der Waals surface area contributed by atoms with Gasteiger partial charge in [0.2, 0.25) is 0 Å². The van der Waals surface area contributed by atoms with Crippen LogP contribution in [-0.4, -0.2) is 0 Å². The number of rotatable bonds is 4. The largest absolute Gasteiger partial charge is 0.0622 e. The van der Waals surface area contributed by atoms with Crippen molar-refractivity contribution < 1.29 is 0 Å². The highest BCUT2D eigenvalue weighted by molar-refractivity contribution is 6.41. The Labute approximate surface area is 449 Å². The molecule has 0 heterocycles. The van der Waals surface area contributed by atoms with E-state index in [-0.39, 0.29) is 21.7 Å². The molecule has 2 aliphatic carbocycles. The fraction of sp³-hybridized carbons (Fsp3) is 0.211. The Bertz CT molecular complexity index is 4090. The number of benzene rings is 12. The predicted octanol–water partition coefficient (Wildman–Crippen LogP) is 22.0. The van der Waals surface area contributed by atoms with Crippen molar-refractivity contribution in [2.75, 3.05) is 0 Å². The second-order valence-electron chi connectivity index (χ2n) is 26.4. The fourth-order valence-corrected chi connectivity index (χ4v) is 13.5. The molecule has 76 heavy (non-hydrogen) atoms. The molecule has 2 aliphatic rings. The van der Waals surface area contributed by atoms with E-state index in [4.69, 9.17) is 0 Å². The monoisotopic (exact) mass is 979 g/mol. The lowest BCUT2D eigenvalue weighted by molar-refractivity contribution is 0.568. The number of hydrogen-bond acceptors (Lipinski definition) is 0. The number of fused-ring (bicyclic) bond motifs is 9. The molecule has 0 fully saturated rings. The lowest BCUT2D eigenvalue weighted by atomic mass is 9.75. The van der Waals surface area contributed by atoms with Gasteiger partial charge in [0.1, 0.15) is 0 Å². The van der Waals surface area contributed by atoms with Gasteiger partial charge >= 0.3 is 0 Å². The molecular weight excluding hydrogens is 913 g/mol. The third kappa shape index (κ3) is 6.75. The Morgan fingerprint density at radius 1 is 0.197 bits per heavy atom. The van der Waals surface area contributed by atoms with Crippen molar-refractivity contribution in [2.45, 2.75) is 105 Å². The minimum Gasteiger partial charge on any atom is -0.0622 e. The van der Waals surface area contributed by atoms with E-state index in [1.54, 1.807) is 0 Å². The van der Waals surface area contributed by atoms with Crippen LogP contribution in [0.25, 0.3) is 143 Å². The maximum atomic E-state index is 2.52. The molecule has 0 aromatic heterocycles. The molecule has 0 spiro atoms. The summed E-state index contributed by atoms with van der Waals surface area (Å²) in [7, 11) is 0. The van der Waals surface area contributed by atoms with Gasteiger partial charge in [-0.05, 0) is 187 Å². The summed E-state index contributed by atoms with van der Waals surface area (Å²) in [6.07, 6.45) is 0. The first-order valence-electron chi connectivity index (χ1n) is 27.7. The summed E-state index contributed by atoms with van der Waals surface area (Å²) in [4.78, 5) is 0. The quantitative estimate of drug-likeness (QED) is 0.122. The van der Waals surface area contributed by atoms with Crippen molar-refractivity contribution in [1.82, 2.24) is 0 Å². The van der Waals surface area contributed by atoms with Gasteiger partial charge in [-0.15, -0.1) is 0 Å². The highest BCUT2D eigenvalue weighted by Crippen LogP contribution is 2.62. The molecule has 0 heteroatoms. The van der Waals surface area contributed by atoms with E-state index in [2.05, 4.69) is 265 Å². The van der Waals surface area contributed by atoms with Crippen molar-refractivity contribution in [2.24, 2.45) is 0 Å². The zero-order valence-electron chi connectivity index (χ0n) is 46.3. The van der Waals surface area contributed by atoms with E-state index in [1.165, 1.54) is 165 Å². The fourth-order valence-electron chi connectivity index (χ4n) is 13.5. The van der Waals surface area contributed by atoms with Crippen molar-refractivity contribution >= 4 is 53.9 Å². The molecule has 0 saturated heterocycles. The lowest BCUT2D eigenvalue weighted by Gasteiger charge is -2.29. The topological polar surface area (TPSA) is 0 Å². The molecule has 370 valence electrons. The van der Waals surface area contributed by atoms with Gasteiger partial charge in [-0.1, -0.05) is 265 Å². The van der Waals surface area contributed by atoms with Crippen molar-refractivity contribution in [1.29, 1.82) is 0 Å². The van der Waals surface area contributed by atoms with Gasteiger partial charge in [0.25, 0.3) is 0 Å². The first-order chi connectivity index (χ1) is 36.3. The summed E-state index contributed by atoms with van der Waals surface area (Å²) in [5, 5.41) is 13.4. The Balaban J connectivity index is 1.12. The second-order valence-corrected chi connectivity index (χ2v) is 26.4. The second kappa shape index (κ2) is 15.9. The van der Waals surface area contributed by atoms with Crippen LogP contribution in [0, 0.1) is 0 Å². The van der Waals surface area contributed by atoms with E-state index in [1.807, 2.05) is 0 Å². The molecule has 0 aliphatic heterocycles. The van der Waals surface area contributed by atoms with E-state index in [0.717, 1.165) is 0 Å². The Morgan fingerprint density at radius 3 is 0.776 bits per heavy atom. The molecule has 0 atom stereocenters. The van der Waals surface area contributed by atoms with Gasteiger partial charge in [-0.25, -0.2) is 0 Å². The molecule has 14 rings (SSSR count). The summed E-state index contributed by atoms with van der Waals surface area (Å²) in [6, 6.07) is 70.9. The molecule has 0 amide bonds. The molecule has 12 aromatic rings. The maximum absolute atomic E-state index is 2.52. The Hall–Kier alpha value is -7.80. The van der Waals surface area contributed by atoms with E-state index in [9.17, 15) is 0 Å². The van der Waals surface area contributed by atoms with Crippen LogP contribution in [0.2, 0.25) is 0 Å². The van der Waals surface area contributed by atoms with Crippen LogP contribution in [0.3, 0.4) is 0 Å². The molecule has 12 aromatic carbocycles. The minimum absolute atomic E-state index is 0.0430. The first kappa shape index (κ1) is 46.7. The molecular formula is C76H66. The third-order valence-electron chi connectivity index (χ3n) is 17.5. The lowest BCUT2D eigenvalue weighted by Crippen LogP contribution is -2.17. The van der Waals surface area contributed by atoms with Crippen molar-refractivity contribution in [3.05, 3.63) is 204 Å². The molecule has 0 bridgehead atoms. The highest BCUT2D eigenvalue weighted by Gasteiger charge is 2.36. The molecule has 0 radical (unpaired) electrons. The summed E-state index contributed by atoms with van der Waals surface area (Å²) in [5.41, 5.74) is 26.3. The number of hydrogen-bond donors (Lipinski definition) is 0. The summed E-state index contributed by atoms with van der Waals surface area (Å²) >= 11 is 0. The third-order valence-corrected chi connectivity index (χ3v) is 17.5. The van der Waals surface area contributed by atoms with E-state index >= 15 is 0 Å². The molecule has 0 saturated carbocycles. The van der Waals surface area contributed by atoms with Gasteiger partial charge < -0.3 is 0 Å². The SMILES string of the molecule is CC(C)(C)c1cc(-c2c3c(c(-c4cc(C(C)(C)C)cc(C(C)(C)C)c4)c4ccccc24)-c2ccc4c5ccc6c7c(ccc(c8ccc-3c2c84)c75)-c2c(-c3ccccc3)ccc(-c3ccccc3)c2-6)cc(C(C)(C)C)c1. The van der Waals surface area contributed by atoms with Gasteiger partial charge in [-0.2, -0.15) is 0 Å². The summed E-state index contributed by atoms with van der Waals surface area (Å²) in [5.74, 6) is 0. The average molecular weight is 979 g/mol. The van der Waals surface area contributed by atoms with Crippen LogP contribution in [0.15, 0.2) is 182 Å². The standard InChI is InChI=1S/C76H66/c1-73(2,3)47-37-45(38-48(41-47)74(4,5)6)63-53-25-19-20-26-54(53)64(46-39-49(75(7,8)9)42-50(40-46)76(10,11)12)72-62-36-32-58-56-30-34-60-66-52(44-23-17-14-18-24-44)28-27-51(43-21-15-13-16-22-43)65(66)59-33-29-55(67(56)69(59)60)57-31-35-61(71(63)72)70(62)68(57)58/h13-42H,1-12H3. The first-order valence-corrected chi connectivity index (χ1v) is 27.7. The Morgan fingerprint density at radius 2 is 0.474 bits per heavy atom. The van der Waals surface area contributed by atoms with Gasteiger partial charge in [0.05, 0.1) is 0 Å². The van der Waals surface area contributed by atoms with Gasteiger partial charge in [0.15, 0.2) is 0 Å². The minimum atomic E-state index is -0.0430. The van der Waals surface area contributed by atoms with Crippen molar-refractivity contribution in [3.63, 3.8) is 0 Å². The Kier molecular flexibility index (Phi) is 9.76. The van der Waals surface area contributed by atoms with Crippen LogP contribution >= 0.6 is 0 Å². The zero-order valence-corrected chi connectivity index (χ0v) is 46.3. The highest BCUT2D eigenvalue weighted by atomic mass is 14.4. The smallest absolute Gasteiger partial charge is 0.000740 e. The van der Waals surface area contributed by atoms with Crippen LogP contribution in [0.5, 0.6) is 0 Å². The molecule has 0 unspecified atom stereocenters. The van der Waals surface area contributed by atoms with E-state index in [0.29, 0.717) is 0 Å². The van der Waals surface area contributed by atoms with Crippen LogP contribution in [0.4, 0.5) is 0 Å². The summed E-state index contributed by atoms with van der Waals surface area (Å²) < 4.78 is 0. The normalized spacial score (nSPS) is 13.3. The van der Waals surface area contributed by atoms with Crippen LogP contribution in [-0.2, 0) is 21.7 Å². The average Bonchev–Trinajstić information content (AvgIpc) is 3.84. The van der Waals surface area contributed by atoms with Crippen LogP contribution < -0.4 is 0 Å². The van der Waals surface area contributed by atoms with Crippen molar-refractivity contribution in [3.8, 4) is 89.0 Å². The van der Waals surface area contributed by atoms with Gasteiger partial charge in [-0.3, -0.25) is 0 Å². The van der Waals surface area contributed by atoms with Crippen LogP contribution in [0.1, 0.15) is 105 Å². The van der Waals surface area contributed by atoms with E-state index < -0.39 is 0 Å². The predicted molar refractivity (Wildman–Crippen MR) is 331 cm³/mol. The summed E-state index contributed by atoms with van der Waals surface area (Å²) in [6.45, 7) is 28.4. The molecule has 0 nitrogen and oxygen atoms in total. The maximum Gasteiger partial charge on any atom is -0.000740 e. The van der Waals surface area contributed by atoms with Gasteiger partial charge in [0, 0.05) is 0 Å². The molecule has 0 N–H and O–H groups in total. The zero-order chi connectivity index (χ0) is 52.5.